The molecule has 3 fully saturated rings. The predicted molar refractivity (Wildman–Crippen MR) is 495 cm³/mol. The number of hydrogen-bond acceptors (Lipinski definition) is 23. The lowest BCUT2D eigenvalue weighted by Crippen LogP contribution is -2.62. The molecule has 133 heavy (non-hydrogen) atoms. The van der Waals surface area contributed by atoms with Gasteiger partial charge in [-0.25, -0.2) is 0 Å². The Morgan fingerprint density at radius 2 is 1.11 bits per heavy atom. The number of aromatic amines is 2. The number of amides is 16. The van der Waals surface area contributed by atoms with Crippen LogP contribution in [-0.4, -0.2) is 313 Å². The number of primary amides is 2. The maximum atomic E-state index is 15.9. The summed E-state index contributed by atoms with van der Waals surface area (Å²) >= 11 is 0.798. The van der Waals surface area contributed by atoms with Crippen molar-refractivity contribution in [3.05, 3.63) is 102 Å². The minimum atomic E-state index is -1.77. The SMILES string of the molecule is CCCC[C@H]1C(=O)N(C)[C@@H](CCCC)C(=O)N[C@@H](CCCNC(=N)N)C(=O)N[C@H](C(=O)NCC(N)=O)CSCC(=O)N[C@@H](Cc2ccc(O)cc2)C(O)N(C)[C@@H](C)C(=O)N[C@@H](CC(N)=O)C(=O)N2CCC[C@H]2C(=O)N[C@@H](CN)C(=O)N[C@@H](CC(C)C)C(=O)N2C[C@H](O)C[C@H]2C(=O)N[C@@H](Cc2c[nH]c3ccccc23)C(=O)N[C@@H](C(C)C)C(=O)N[C@@H](Cc2c[nH]c3ccccc23)C(=O)N1C. The number of para-hydroxylation sites is 2. The number of carbonyl (C=O) groups excluding carboxylic acids is 16. The highest BCUT2D eigenvalue weighted by Crippen LogP contribution is 2.28. The van der Waals surface area contributed by atoms with E-state index in [0.717, 1.165) is 26.5 Å². The number of aliphatic hydroxyl groups excluding tert-OH is 2. The Morgan fingerprint density at radius 1 is 0.564 bits per heavy atom. The van der Waals surface area contributed by atoms with Gasteiger partial charge in [0, 0.05) is 99.5 Å². The lowest BCUT2D eigenvalue weighted by atomic mass is 9.98. The summed E-state index contributed by atoms with van der Waals surface area (Å²) in [5, 5.41) is 72.7. The topological polar surface area (TPSA) is 642 Å². The molecule has 3 aliphatic heterocycles. The number of likely N-dealkylation sites (N-methyl/N-ethyl adjacent to an activating group) is 3. The third-order valence-corrected chi connectivity index (χ3v) is 25.2. The Bertz CT molecular complexity index is 4940. The van der Waals surface area contributed by atoms with Crippen LogP contribution < -0.4 is 81.4 Å². The Hall–Kier alpha value is -12.5. The number of unbranched alkanes of at least 4 members (excludes halogenated alkanes) is 2. The van der Waals surface area contributed by atoms with Gasteiger partial charge in [0.25, 0.3) is 0 Å². The van der Waals surface area contributed by atoms with E-state index in [1.54, 1.807) is 76.5 Å². The van der Waals surface area contributed by atoms with Crippen molar-refractivity contribution >= 4 is 134 Å². The number of hydrogen-bond donors (Lipinski definition) is 21. The highest BCUT2D eigenvalue weighted by Gasteiger charge is 2.47. The molecule has 8 rings (SSSR count). The normalized spacial score (nSPS) is 25.7. The van der Waals surface area contributed by atoms with E-state index in [2.05, 4.69) is 68.5 Å². The van der Waals surface area contributed by atoms with Gasteiger partial charge >= 0.3 is 0 Å². The molecule has 0 aliphatic carbocycles. The Balaban J connectivity index is 1.20. The van der Waals surface area contributed by atoms with E-state index in [9.17, 15) is 58.5 Å². The van der Waals surface area contributed by atoms with Crippen LogP contribution in [0.2, 0.25) is 0 Å². The molecule has 43 heteroatoms. The number of nitrogens with zero attached hydrogens (tertiary/aromatic N) is 5. The fourth-order valence-electron chi connectivity index (χ4n) is 16.7. The van der Waals surface area contributed by atoms with Crippen LogP contribution in [0, 0.1) is 17.2 Å². The maximum absolute atomic E-state index is 15.9. The van der Waals surface area contributed by atoms with Crippen molar-refractivity contribution in [2.45, 2.75) is 248 Å². The molecule has 728 valence electrons. The maximum Gasteiger partial charge on any atom is 0.246 e. The number of phenolic OH excluding ortho intramolecular Hbond substituents is 1. The van der Waals surface area contributed by atoms with Crippen molar-refractivity contribution in [1.82, 2.24) is 93.0 Å². The standard InChI is InChI=1S/C90H133N23O19S/c1-11-13-26-68-81(124)101-60(25-19-33-96-90(94)95)78(121)107-67(77(120)99-44-73(93)117)46-133-47-74(118)100-63(36-51-29-31-54(114)32-30-51)85(128)109(8)50(7)76(119)103-65(40-72(92)116)87(130)112-34-20-28-69(112)82(125)106-66(41-91)80(123)104-62(35-48(3)4)88(131)113-45-55(115)39-71(113)83(126)102-61(37-52-42-97-58-23-17-15-21-56(52)58)79(122)108-75(49(5)6)84(127)105-64(38-53-43-98-59-24-18-16-22-57(53)59)86(129)111(10)70(27-14-12-2)89(132)110(68)9/h15-18,21-24,29-32,42-43,48-50,55,60-71,75,85,97-98,114-115,128H,11-14,19-20,25-28,33-41,44-47,91H2,1-10H3,(H2,92,116)(H2,93,117)(H,99,120)(H,100,118)(H,101,124)(H,102,126)(H,103,119)(H,104,123)(H,105,127)(H,106,125)(H,107,121)(H,108,122)(H4,94,95,96)/t50-,55+,60-,61-,62-,63-,64-,65-,66-,67-,68-,69-,70-,71-,75-,85?/m0/s1. The Morgan fingerprint density at radius 3 is 1.71 bits per heavy atom. The number of nitrogens with two attached hydrogens (primary N) is 4. The van der Waals surface area contributed by atoms with Gasteiger partial charge in [0.05, 0.1) is 36.9 Å². The first-order valence-electron chi connectivity index (χ1n) is 45.2. The van der Waals surface area contributed by atoms with Crippen molar-refractivity contribution in [1.29, 1.82) is 5.41 Å². The third-order valence-electron chi connectivity index (χ3n) is 24.2. The molecule has 2 aromatic heterocycles. The number of fused-ring (bicyclic) bond motifs is 4. The van der Waals surface area contributed by atoms with Crippen LogP contribution in [0.4, 0.5) is 0 Å². The van der Waals surface area contributed by atoms with E-state index in [0.29, 0.717) is 64.2 Å². The van der Waals surface area contributed by atoms with Crippen molar-refractivity contribution < 1.29 is 92.0 Å². The zero-order chi connectivity index (χ0) is 97.8. The second-order valence-electron chi connectivity index (χ2n) is 35.1. The Labute approximate surface area is 776 Å². The van der Waals surface area contributed by atoms with E-state index in [4.69, 9.17) is 28.3 Å². The lowest BCUT2D eigenvalue weighted by molar-refractivity contribution is -0.149. The number of thioether (sulfide) groups is 1. The van der Waals surface area contributed by atoms with E-state index in [1.165, 1.54) is 62.1 Å². The van der Waals surface area contributed by atoms with Crippen LogP contribution >= 0.6 is 11.8 Å². The quantitative estimate of drug-likeness (QED) is 0.0163. The summed E-state index contributed by atoms with van der Waals surface area (Å²) < 4.78 is 0. The van der Waals surface area contributed by atoms with Crippen molar-refractivity contribution in [2.24, 2.45) is 34.8 Å². The molecule has 0 bridgehead atoms. The first-order chi connectivity index (χ1) is 63.1. The number of nitrogens with one attached hydrogen (secondary N) is 14. The van der Waals surface area contributed by atoms with Gasteiger partial charge < -0.3 is 126 Å². The summed E-state index contributed by atoms with van der Waals surface area (Å²) in [6.07, 6.45) is 0.255. The largest absolute Gasteiger partial charge is 0.508 e. The molecule has 16 atom stereocenters. The van der Waals surface area contributed by atoms with Gasteiger partial charge in [-0.05, 0) is 118 Å². The molecule has 5 heterocycles. The molecule has 0 spiro atoms. The van der Waals surface area contributed by atoms with Crippen molar-refractivity contribution in [3.8, 4) is 5.75 Å². The molecule has 1 unspecified atom stereocenters. The van der Waals surface area contributed by atoms with Crippen LogP contribution in [0.25, 0.3) is 21.8 Å². The molecular formula is C90H133N23O19S. The van der Waals surface area contributed by atoms with Crippen LogP contribution in [0.1, 0.15) is 149 Å². The summed E-state index contributed by atoms with van der Waals surface area (Å²) in [5.41, 5.74) is 25.9. The fraction of sp³-hybridized carbons (Fsp3) is 0.567. The van der Waals surface area contributed by atoms with Crippen LogP contribution in [0.3, 0.4) is 0 Å². The van der Waals surface area contributed by atoms with E-state index in [1.807, 2.05) is 26.0 Å². The molecule has 5 aromatic rings. The summed E-state index contributed by atoms with van der Waals surface area (Å²) in [7, 11) is 4.09. The average Bonchev–Trinajstić information content (AvgIpc) is 1.76. The number of phenols is 1. The van der Waals surface area contributed by atoms with E-state index in [-0.39, 0.29) is 95.4 Å². The number of H-pyrrole nitrogens is 2. The minimum Gasteiger partial charge on any atom is -0.508 e. The first kappa shape index (κ1) is 106. The van der Waals surface area contributed by atoms with Gasteiger partial charge in [0.2, 0.25) is 94.5 Å². The minimum absolute atomic E-state index is 0.00270. The zero-order valence-electron chi connectivity index (χ0n) is 77.1. The predicted octanol–water partition coefficient (Wildman–Crippen LogP) is -2.48. The number of carbonyl (C=O) groups is 16. The smallest absolute Gasteiger partial charge is 0.246 e. The molecule has 3 aromatic carbocycles. The van der Waals surface area contributed by atoms with Gasteiger partial charge in [-0.1, -0.05) is 116 Å². The van der Waals surface area contributed by atoms with E-state index < -0.39 is 241 Å². The molecular weight excluding hydrogens is 1740 g/mol. The van der Waals surface area contributed by atoms with Gasteiger partial charge in [-0.3, -0.25) is 87.0 Å². The summed E-state index contributed by atoms with van der Waals surface area (Å²) in [6, 6.07) is -0.620. The monoisotopic (exact) mass is 1870 g/mol. The molecule has 16 amide bonds. The molecule has 0 saturated carbocycles. The molecule has 3 saturated heterocycles. The molecule has 42 nitrogen and oxygen atoms in total. The van der Waals surface area contributed by atoms with Gasteiger partial charge in [0.15, 0.2) is 5.96 Å². The van der Waals surface area contributed by atoms with Crippen LogP contribution in [0.5, 0.6) is 5.75 Å². The van der Waals surface area contributed by atoms with Crippen molar-refractivity contribution in [2.75, 3.05) is 65.4 Å². The second-order valence-corrected chi connectivity index (χ2v) is 36.1. The number of aliphatic hydroxyl groups is 2. The number of guanidine groups is 1. The summed E-state index contributed by atoms with van der Waals surface area (Å²) in [6.45, 7) is 10.0. The number of benzene rings is 3. The Kier molecular flexibility index (Phi) is 40.1. The third kappa shape index (κ3) is 29.8. The average molecular weight is 1870 g/mol. The second kappa shape index (κ2) is 50.4. The van der Waals surface area contributed by atoms with Gasteiger partial charge in [-0.15, -0.1) is 11.8 Å². The zero-order valence-corrected chi connectivity index (χ0v) is 77.9. The molecule has 25 N–H and O–H groups in total. The number of aromatic hydroxyl groups is 1. The van der Waals surface area contributed by atoms with Crippen molar-refractivity contribution in [3.63, 3.8) is 0 Å². The fourth-order valence-corrected chi connectivity index (χ4v) is 17.5. The van der Waals surface area contributed by atoms with Crippen LogP contribution in [-0.2, 0) is 96.0 Å². The molecule has 3 aliphatic rings. The molecule has 0 radical (unpaired) electrons. The highest BCUT2D eigenvalue weighted by atomic mass is 32.2. The number of rotatable bonds is 25. The summed E-state index contributed by atoms with van der Waals surface area (Å²) in [4.78, 5) is 247. The lowest BCUT2D eigenvalue weighted by Gasteiger charge is -2.36. The van der Waals surface area contributed by atoms with Gasteiger partial charge in [0.1, 0.15) is 84.5 Å². The van der Waals surface area contributed by atoms with Gasteiger partial charge in [-0.2, -0.15) is 0 Å². The van der Waals surface area contributed by atoms with Crippen LogP contribution in [0.15, 0.2) is 85.2 Å². The first-order valence-corrected chi connectivity index (χ1v) is 46.3. The number of aromatic nitrogens is 2. The highest BCUT2D eigenvalue weighted by molar-refractivity contribution is 8.00. The van der Waals surface area contributed by atoms with E-state index >= 15 is 33.6 Å². The summed E-state index contributed by atoms with van der Waals surface area (Å²) in [5.74, 6) is -16.9.